The predicted molar refractivity (Wildman–Crippen MR) is 63.6 cm³/mol. The van der Waals surface area contributed by atoms with Crippen molar-refractivity contribution in [1.82, 2.24) is 9.97 Å². The summed E-state index contributed by atoms with van der Waals surface area (Å²) in [6.07, 6.45) is 3.62. The van der Waals surface area contributed by atoms with Crippen LogP contribution in [0.3, 0.4) is 0 Å². The Bertz CT molecular complexity index is 382. The molecule has 0 amide bonds. The minimum atomic E-state index is -0.309. The van der Waals surface area contributed by atoms with Crippen LogP contribution in [0.2, 0.25) is 0 Å². The van der Waals surface area contributed by atoms with Crippen LogP contribution in [0, 0.1) is 6.92 Å². The zero-order valence-corrected chi connectivity index (χ0v) is 10.8. The summed E-state index contributed by atoms with van der Waals surface area (Å²) in [5.74, 6) is -0.540. The summed E-state index contributed by atoms with van der Waals surface area (Å²) in [4.78, 5) is 20.0. The highest BCUT2D eigenvalue weighted by Gasteiger charge is 2.19. The third-order valence-corrected chi connectivity index (χ3v) is 2.85. The molecule has 0 aliphatic rings. The van der Waals surface area contributed by atoms with Gasteiger partial charge in [-0.15, -0.1) is 0 Å². The number of hydrogen-bond acceptors (Lipinski definition) is 5. The van der Waals surface area contributed by atoms with E-state index in [1.807, 2.05) is 20.1 Å². The normalized spacial score (nSPS) is 12.2. The van der Waals surface area contributed by atoms with Gasteiger partial charge in [-0.1, -0.05) is 11.8 Å². The Kier molecular flexibility index (Phi) is 4.73. The van der Waals surface area contributed by atoms with Crippen LogP contribution in [0.5, 0.6) is 0 Å². The molecule has 1 rings (SSSR count). The molecule has 1 aromatic heterocycles. The third-order valence-electron chi connectivity index (χ3n) is 2.28. The van der Waals surface area contributed by atoms with Crippen LogP contribution in [0.4, 0.5) is 0 Å². The summed E-state index contributed by atoms with van der Waals surface area (Å²) in [7, 11) is 0. The van der Waals surface area contributed by atoms with Crippen LogP contribution in [0.25, 0.3) is 0 Å². The minimum absolute atomic E-state index is 0.230. The Hall–Kier alpha value is -1.10. The fourth-order valence-corrected chi connectivity index (χ4v) is 1.76. The molecule has 0 saturated carbocycles. The highest BCUT2D eigenvalue weighted by atomic mass is 32.2. The van der Waals surface area contributed by atoms with E-state index in [4.69, 9.17) is 4.74 Å². The van der Waals surface area contributed by atoms with E-state index in [1.54, 1.807) is 13.1 Å². The molecule has 0 N–H and O–H groups in total. The van der Waals surface area contributed by atoms with Crippen molar-refractivity contribution in [1.29, 1.82) is 0 Å². The Balaban J connectivity index is 2.91. The largest absolute Gasteiger partial charge is 0.466 e. The molecule has 4 nitrogen and oxygen atoms in total. The summed E-state index contributed by atoms with van der Waals surface area (Å²) in [5.41, 5.74) is 1.66. The lowest BCUT2D eigenvalue weighted by atomic mass is 10.0. The number of thioether (sulfide) groups is 1. The van der Waals surface area contributed by atoms with Crippen molar-refractivity contribution in [3.63, 3.8) is 0 Å². The summed E-state index contributed by atoms with van der Waals surface area (Å²) >= 11 is 1.48. The lowest BCUT2D eigenvalue weighted by Gasteiger charge is -2.12. The average molecular weight is 240 g/mol. The van der Waals surface area contributed by atoms with E-state index >= 15 is 0 Å². The first-order valence-corrected chi connectivity index (χ1v) is 6.36. The van der Waals surface area contributed by atoms with Gasteiger partial charge in [0.2, 0.25) is 0 Å². The number of carbonyl (C=O) groups excluding carboxylic acids is 1. The second kappa shape index (κ2) is 5.84. The average Bonchev–Trinajstić information content (AvgIpc) is 2.28. The molecular formula is C11H16N2O2S. The molecule has 5 heteroatoms. The molecule has 1 heterocycles. The fraction of sp³-hybridized carbons (Fsp3) is 0.545. The molecule has 1 atom stereocenters. The fourth-order valence-electron chi connectivity index (χ4n) is 1.37. The topological polar surface area (TPSA) is 52.1 Å². The van der Waals surface area contributed by atoms with E-state index in [-0.39, 0.29) is 11.9 Å². The van der Waals surface area contributed by atoms with Crippen molar-refractivity contribution in [2.24, 2.45) is 0 Å². The maximum atomic E-state index is 11.6. The molecule has 1 aromatic rings. The Morgan fingerprint density at radius 1 is 1.62 bits per heavy atom. The molecule has 16 heavy (non-hydrogen) atoms. The van der Waals surface area contributed by atoms with Crippen LogP contribution in [0.1, 0.15) is 31.0 Å². The van der Waals surface area contributed by atoms with Gasteiger partial charge in [0.25, 0.3) is 0 Å². The van der Waals surface area contributed by atoms with Crippen molar-refractivity contribution < 1.29 is 9.53 Å². The van der Waals surface area contributed by atoms with E-state index in [2.05, 4.69) is 9.97 Å². The first-order chi connectivity index (χ1) is 7.60. The molecule has 1 unspecified atom stereocenters. The Labute approximate surface area is 99.8 Å². The van der Waals surface area contributed by atoms with Crippen molar-refractivity contribution in [3.8, 4) is 0 Å². The van der Waals surface area contributed by atoms with Crippen LogP contribution in [-0.2, 0) is 9.53 Å². The van der Waals surface area contributed by atoms with Gasteiger partial charge in [-0.2, -0.15) is 0 Å². The molecule has 0 radical (unpaired) electrons. The van der Waals surface area contributed by atoms with Crippen LogP contribution >= 0.6 is 11.8 Å². The van der Waals surface area contributed by atoms with E-state index in [0.29, 0.717) is 6.61 Å². The highest BCUT2D eigenvalue weighted by Crippen LogP contribution is 2.20. The zero-order valence-electron chi connectivity index (χ0n) is 9.98. The van der Waals surface area contributed by atoms with E-state index in [9.17, 15) is 4.79 Å². The van der Waals surface area contributed by atoms with Crippen LogP contribution in [0.15, 0.2) is 11.4 Å². The predicted octanol–water partition coefficient (Wildman–Crippen LogP) is 2.17. The summed E-state index contributed by atoms with van der Waals surface area (Å²) in [6.45, 7) is 5.88. The van der Waals surface area contributed by atoms with Crippen molar-refractivity contribution >= 4 is 17.7 Å². The van der Waals surface area contributed by atoms with Gasteiger partial charge < -0.3 is 4.74 Å². The molecule has 0 spiro atoms. The number of carbonyl (C=O) groups is 1. The van der Waals surface area contributed by atoms with Gasteiger partial charge in [0.15, 0.2) is 5.16 Å². The smallest absolute Gasteiger partial charge is 0.313 e. The Morgan fingerprint density at radius 2 is 2.31 bits per heavy atom. The molecule has 0 bridgehead atoms. The van der Waals surface area contributed by atoms with Crippen LogP contribution in [-0.4, -0.2) is 28.8 Å². The van der Waals surface area contributed by atoms with Crippen molar-refractivity contribution in [3.05, 3.63) is 17.5 Å². The highest BCUT2D eigenvalue weighted by molar-refractivity contribution is 7.98. The van der Waals surface area contributed by atoms with Gasteiger partial charge in [-0.25, -0.2) is 9.97 Å². The number of aryl methyl sites for hydroxylation is 1. The summed E-state index contributed by atoms with van der Waals surface area (Å²) in [5, 5.41) is 0.720. The lowest BCUT2D eigenvalue weighted by molar-refractivity contribution is -0.144. The maximum Gasteiger partial charge on any atom is 0.313 e. The first kappa shape index (κ1) is 13.0. The number of esters is 1. The van der Waals surface area contributed by atoms with E-state index in [0.717, 1.165) is 16.4 Å². The number of aromatic nitrogens is 2. The van der Waals surface area contributed by atoms with Crippen molar-refractivity contribution in [2.75, 3.05) is 12.9 Å². The minimum Gasteiger partial charge on any atom is -0.466 e. The van der Waals surface area contributed by atoms with E-state index in [1.165, 1.54) is 11.8 Å². The SMILES string of the molecule is CCOC(=O)C(C)c1cnc(SC)nc1C. The maximum absolute atomic E-state index is 11.6. The quantitative estimate of drug-likeness (QED) is 0.458. The first-order valence-electron chi connectivity index (χ1n) is 5.14. The summed E-state index contributed by atoms with van der Waals surface area (Å²) < 4.78 is 4.97. The molecule has 88 valence electrons. The van der Waals surface area contributed by atoms with Gasteiger partial charge in [-0.3, -0.25) is 4.79 Å². The molecule has 0 fully saturated rings. The molecule has 0 saturated heterocycles. The standard InChI is InChI=1S/C11H16N2O2S/c1-5-15-10(14)7(2)9-6-12-11(16-4)13-8(9)3/h6-7H,5H2,1-4H3. The van der Waals surface area contributed by atoms with Crippen molar-refractivity contribution in [2.45, 2.75) is 31.8 Å². The number of ether oxygens (including phenoxy) is 1. The lowest BCUT2D eigenvalue weighted by Crippen LogP contribution is -2.15. The molecular weight excluding hydrogens is 224 g/mol. The van der Waals surface area contributed by atoms with Gasteiger partial charge in [-0.05, 0) is 27.0 Å². The van der Waals surface area contributed by atoms with Gasteiger partial charge in [0, 0.05) is 17.5 Å². The summed E-state index contributed by atoms with van der Waals surface area (Å²) in [6, 6.07) is 0. The molecule has 0 aliphatic carbocycles. The third kappa shape index (κ3) is 2.95. The second-order valence-electron chi connectivity index (χ2n) is 3.37. The second-order valence-corrected chi connectivity index (χ2v) is 4.14. The number of hydrogen-bond donors (Lipinski definition) is 0. The number of rotatable bonds is 4. The van der Waals surface area contributed by atoms with E-state index < -0.39 is 0 Å². The van der Waals surface area contributed by atoms with Gasteiger partial charge in [0.1, 0.15) is 0 Å². The van der Waals surface area contributed by atoms with Gasteiger partial charge >= 0.3 is 5.97 Å². The number of nitrogens with zero attached hydrogens (tertiary/aromatic N) is 2. The Morgan fingerprint density at radius 3 is 2.81 bits per heavy atom. The van der Waals surface area contributed by atoms with Gasteiger partial charge in [0.05, 0.1) is 12.5 Å². The molecule has 0 aromatic carbocycles. The van der Waals surface area contributed by atoms with Crippen LogP contribution < -0.4 is 0 Å². The monoisotopic (exact) mass is 240 g/mol. The zero-order chi connectivity index (χ0) is 12.1. The molecule has 0 aliphatic heterocycles.